The first-order valence-electron chi connectivity index (χ1n) is 12.5. The van der Waals surface area contributed by atoms with Gasteiger partial charge in [0.1, 0.15) is 5.75 Å². The molecule has 3 fully saturated rings. The lowest BCUT2D eigenvalue weighted by Gasteiger charge is -2.60. The van der Waals surface area contributed by atoms with Gasteiger partial charge in [-0.3, -0.25) is 9.59 Å². The second-order valence-electron chi connectivity index (χ2n) is 11.2. The van der Waals surface area contributed by atoms with Crippen molar-refractivity contribution in [2.24, 2.45) is 34.5 Å². The molecule has 3 unspecified atom stereocenters. The number of amides is 1. The van der Waals surface area contributed by atoms with E-state index >= 15 is 0 Å². The predicted octanol–water partition coefficient (Wildman–Crippen LogP) is 4.99. The molecule has 1 amide bonds. The lowest BCUT2D eigenvalue weighted by Crippen LogP contribution is -2.60. The first-order chi connectivity index (χ1) is 15.8. The van der Waals surface area contributed by atoms with Gasteiger partial charge in [0.2, 0.25) is 5.91 Å². The van der Waals surface area contributed by atoms with Crippen molar-refractivity contribution in [1.82, 2.24) is 4.90 Å². The third-order valence-electron chi connectivity index (χ3n) is 9.97. The number of nitrogens with zero attached hydrogens (tertiary/aromatic N) is 1. The van der Waals surface area contributed by atoms with Gasteiger partial charge in [0.05, 0.1) is 20.1 Å². The van der Waals surface area contributed by atoms with E-state index in [4.69, 9.17) is 9.47 Å². The second-order valence-corrected chi connectivity index (χ2v) is 11.2. The molecule has 7 atom stereocenters. The zero-order valence-electron chi connectivity index (χ0n) is 20.4. The monoisotopic (exact) mass is 451 g/mol. The van der Waals surface area contributed by atoms with Gasteiger partial charge in [-0.1, -0.05) is 32.1 Å². The molecule has 4 aliphatic rings. The molecule has 5 heteroatoms. The van der Waals surface area contributed by atoms with Crippen LogP contribution in [0.3, 0.4) is 0 Å². The molecule has 1 aromatic carbocycles. The van der Waals surface area contributed by atoms with Gasteiger partial charge < -0.3 is 14.4 Å². The molecule has 178 valence electrons. The van der Waals surface area contributed by atoms with E-state index < -0.39 is 0 Å². The summed E-state index contributed by atoms with van der Waals surface area (Å²) in [6.07, 6.45) is 10.5. The van der Waals surface area contributed by atoms with Crippen molar-refractivity contribution in [3.63, 3.8) is 0 Å². The van der Waals surface area contributed by atoms with Gasteiger partial charge in [0, 0.05) is 18.0 Å². The summed E-state index contributed by atoms with van der Waals surface area (Å²) in [5, 5.41) is 0. The molecule has 1 aromatic rings. The second kappa shape index (κ2) is 8.18. The Morgan fingerprint density at radius 3 is 2.48 bits per heavy atom. The fourth-order valence-electron chi connectivity index (χ4n) is 8.24. The molecular weight excluding hydrogens is 414 g/mol. The summed E-state index contributed by atoms with van der Waals surface area (Å²) in [5.41, 5.74) is 1.17. The van der Waals surface area contributed by atoms with Gasteiger partial charge in [-0.2, -0.15) is 0 Å². The van der Waals surface area contributed by atoms with Gasteiger partial charge in [-0.15, -0.1) is 0 Å². The van der Waals surface area contributed by atoms with E-state index in [2.05, 4.69) is 37.0 Å². The highest BCUT2D eigenvalue weighted by molar-refractivity contribution is 5.89. The molecule has 0 bridgehead atoms. The lowest BCUT2D eigenvalue weighted by molar-refractivity contribution is -0.156. The van der Waals surface area contributed by atoms with Crippen LogP contribution in [-0.2, 0) is 20.9 Å². The zero-order valence-corrected chi connectivity index (χ0v) is 20.4. The summed E-state index contributed by atoms with van der Waals surface area (Å²) in [4.78, 5) is 27.7. The summed E-state index contributed by atoms with van der Waals surface area (Å²) in [7, 11) is 3.20. The van der Waals surface area contributed by atoms with Crippen LogP contribution in [-0.4, -0.2) is 37.0 Å². The normalized spacial score (nSPS) is 39.5. The number of esters is 1. The first kappa shape index (κ1) is 22.5. The SMILES string of the molecule is COC(=O)C1CC[C@H]2C3CC[C@H]4N(Cc5ccc(OC)cc5)C(=O)C=C[C@]4(C)C3CC[C@]12C. The Labute approximate surface area is 197 Å². The fraction of sp³-hybridized carbons (Fsp3) is 0.643. The zero-order chi connectivity index (χ0) is 23.4. The summed E-state index contributed by atoms with van der Waals surface area (Å²) in [5.74, 6) is 2.70. The summed E-state index contributed by atoms with van der Waals surface area (Å²) < 4.78 is 10.5. The smallest absolute Gasteiger partial charge is 0.309 e. The Kier molecular flexibility index (Phi) is 5.57. The average Bonchev–Trinajstić information content (AvgIpc) is 3.18. The van der Waals surface area contributed by atoms with Crippen molar-refractivity contribution in [2.75, 3.05) is 14.2 Å². The number of hydrogen-bond donors (Lipinski definition) is 0. The highest BCUT2D eigenvalue weighted by Gasteiger charge is 2.61. The van der Waals surface area contributed by atoms with E-state index in [1.54, 1.807) is 7.11 Å². The van der Waals surface area contributed by atoms with Crippen LogP contribution in [0.2, 0.25) is 0 Å². The predicted molar refractivity (Wildman–Crippen MR) is 126 cm³/mol. The topological polar surface area (TPSA) is 55.8 Å². The van der Waals surface area contributed by atoms with Gasteiger partial charge in [-0.05, 0) is 85.5 Å². The molecule has 5 rings (SSSR count). The standard InChI is InChI=1S/C28H37NO4/c1-27-15-13-22-20(21(27)10-11-23(27)26(31)33-4)9-12-24-28(22,2)16-14-25(30)29(24)17-18-5-7-19(32-3)8-6-18/h5-8,14,16,20-24H,9-13,15,17H2,1-4H3/t20?,21-,22?,23?,24+,27-,28+/m0/s1. The highest BCUT2D eigenvalue weighted by atomic mass is 16.5. The molecule has 33 heavy (non-hydrogen) atoms. The van der Waals surface area contributed by atoms with Crippen molar-refractivity contribution >= 4 is 11.9 Å². The molecule has 1 aliphatic heterocycles. The molecule has 1 heterocycles. The van der Waals surface area contributed by atoms with Crippen LogP contribution in [0, 0.1) is 34.5 Å². The molecule has 0 N–H and O–H groups in total. The van der Waals surface area contributed by atoms with Crippen LogP contribution >= 0.6 is 0 Å². The average molecular weight is 452 g/mol. The van der Waals surface area contributed by atoms with Crippen molar-refractivity contribution in [1.29, 1.82) is 0 Å². The van der Waals surface area contributed by atoms with Crippen LogP contribution in [0.5, 0.6) is 5.75 Å². The van der Waals surface area contributed by atoms with Crippen molar-refractivity contribution < 1.29 is 19.1 Å². The van der Waals surface area contributed by atoms with Crippen LogP contribution in [0.4, 0.5) is 0 Å². The van der Waals surface area contributed by atoms with E-state index in [-0.39, 0.29) is 34.7 Å². The number of ether oxygens (including phenoxy) is 2. The van der Waals surface area contributed by atoms with Crippen LogP contribution in [0.1, 0.15) is 57.9 Å². The fourth-order valence-corrected chi connectivity index (χ4v) is 8.24. The molecule has 5 nitrogen and oxygen atoms in total. The highest BCUT2D eigenvalue weighted by Crippen LogP contribution is 2.65. The number of methoxy groups -OCH3 is 2. The maximum atomic E-state index is 13.0. The van der Waals surface area contributed by atoms with Crippen LogP contribution < -0.4 is 4.74 Å². The Balaban J connectivity index is 1.40. The number of benzene rings is 1. The lowest BCUT2D eigenvalue weighted by atomic mass is 9.47. The number of carbonyl (C=O) groups excluding carboxylic acids is 2. The van der Waals surface area contributed by atoms with Crippen molar-refractivity contribution in [2.45, 2.75) is 65.0 Å². The van der Waals surface area contributed by atoms with Gasteiger partial charge in [0.25, 0.3) is 0 Å². The number of carbonyl (C=O) groups is 2. The van der Waals surface area contributed by atoms with Gasteiger partial charge >= 0.3 is 5.97 Å². The van der Waals surface area contributed by atoms with Gasteiger partial charge in [0.15, 0.2) is 0 Å². The van der Waals surface area contributed by atoms with E-state index in [9.17, 15) is 9.59 Å². The van der Waals surface area contributed by atoms with Crippen LogP contribution in [0.25, 0.3) is 0 Å². The summed E-state index contributed by atoms with van der Waals surface area (Å²) >= 11 is 0. The summed E-state index contributed by atoms with van der Waals surface area (Å²) in [6, 6.07) is 8.28. The summed E-state index contributed by atoms with van der Waals surface area (Å²) in [6.45, 7) is 5.36. The third-order valence-corrected chi connectivity index (χ3v) is 9.97. The Morgan fingerprint density at radius 1 is 1.03 bits per heavy atom. The molecule has 3 saturated carbocycles. The minimum absolute atomic E-state index is 0.0199. The quantitative estimate of drug-likeness (QED) is 0.605. The van der Waals surface area contributed by atoms with E-state index in [1.807, 2.05) is 18.2 Å². The molecular formula is C28H37NO4. The molecule has 0 spiro atoms. The van der Waals surface area contributed by atoms with Crippen molar-refractivity contribution in [3.8, 4) is 5.75 Å². The third kappa shape index (κ3) is 3.41. The maximum Gasteiger partial charge on any atom is 0.309 e. The van der Waals surface area contributed by atoms with Crippen molar-refractivity contribution in [3.05, 3.63) is 42.0 Å². The molecule has 0 saturated heterocycles. The minimum Gasteiger partial charge on any atom is -0.497 e. The largest absolute Gasteiger partial charge is 0.497 e. The number of fused-ring (bicyclic) bond motifs is 5. The van der Waals surface area contributed by atoms with E-state index in [0.29, 0.717) is 24.3 Å². The Morgan fingerprint density at radius 2 is 1.79 bits per heavy atom. The minimum atomic E-state index is -0.0211. The van der Waals surface area contributed by atoms with Crippen LogP contribution in [0.15, 0.2) is 36.4 Å². The Hall–Kier alpha value is -2.30. The Bertz CT molecular complexity index is 955. The first-order valence-corrected chi connectivity index (χ1v) is 12.5. The van der Waals surface area contributed by atoms with E-state index in [1.165, 1.54) is 7.11 Å². The molecule has 3 aliphatic carbocycles. The molecule has 0 aromatic heterocycles. The maximum absolute atomic E-state index is 13.0. The van der Waals surface area contributed by atoms with Gasteiger partial charge in [-0.25, -0.2) is 0 Å². The van der Waals surface area contributed by atoms with E-state index in [0.717, 1.165) is 49.8 Å². The number of rotatable bonds is 4. The number of hydrogen-bond acceptors (Lipinski definition) is 4. The molecule has 0 radical (unpaired) electrons.